The molecule has 0 aliphatic carbocycles. The second-order valence-corrected chi connectivity index (χ2v) is 10.4. The summed E-state index contributed by atoms with van der Waals surface area (Å²) in [5.74, 6) is -0.227. The third-order valence-electron chi connectivity index (χ3n) is 4.75. The highest BCUT2D eigenvalue weighted by Crippen LogP contribution is 2.46. The van der Waals surface area contributed by atoms with Crippen molar-refractivity contribution in [1.82, 2.24) is 4.90 Å². The summed E-state index contributed by atoms with van der Waals surface area (Å²) in [6.07, 6.45) is 5.27. The van der Waals surface area contributed by atoms with Gasteiger partial charge < -0.3 is 18.7 Å². The van der Waals surface area contributed by atoms with E-state index in [0.29, 0.717) is 0 Å². The summed E-state index contributed by atoms with van der Waals surface area (Å²) >= 11 is 0. The van der Waals surface area contributed by atoms with Gasteiger partial charge in [0.25, 0.3) is 0 Å². The van der Waals surface area contributed by atoms with Gasteiger partial charge in [-0.25, -0.2) is 4.79 Å². The molecule has 0 bridgehead atoms. The molecular weight excluding hydrogens is 369 g/mol. The maximum atomic E-state index is 12.8. The topological polar surface area (TPSA) is 82.1 Å². The average molecular weight is 405 g/mol. The molecule has 8 heteroatoms. The Hall–Kier alpha value is -0.910. The SMILES string of the molecule is CCCCC[C@H]1CCC(CC(=O)CP(=O)(OC)OC)N1C(=O)OC(C)(C)C. The predicted octanol–water partition coefficient (Wildman–Crippen LogP) is 4.78. The van der Waals surface area contributed by atoms with Gasteiger partial charge in [-0.1, -0.05) is 26.2 Å². The van der Waals surface area contributed by atoms with E-state index in [-0.39, 0.29) is 36.5 Å². The first-order valence-corrected chi connectivity index (χ1v) is 11.5. The summed E-state index contributed by atoms with van der Waals surface area (Å²) in [5, 5.41) is 0. The molecule has 0 saturated carbocycles. The Labute approximate surface area is 163 Å². The van der Waals surface area contributed by atoms with Gasteiger partial charge in [-0.2, -0.15) is 0 Å². The van der Waals surface area contributed by atoms with Crippen LogP contribution >= 0.6 is 7.60 Å². The Kier molecular flexibility index (Phi) is 9.46. The number of unbranched alkanes of at least 4 members (excludes halogenated alkanes) is 2. The molecule has 2 atom stereocenters. The van der Waals surface area contributed by atoms with Gasteiger partial charge in [-0.05, 0) is 40.0 Å². The molecule has 1 fully saturated rings. The van der Waals surface area contributed by atoms with Crippen LogP contribution in [-0.2, 0) is 23.1 Å². The molecular formula is C19H36NO6P. The van der Waals surface area contributed by atoms with Crippen LogP contribution in [0.3, 0.4) is 0 Å². The first kappa shape index (κ1) is 24.1. The number of Topliss-reactive ketones (excluding diaryl/α,β-unsaturated/α-hetero) is 1. The lowest BCUT2D eigenvalue weighted by Crippen LogP contribution is -2.45. The lowest BCUT2D eigenvalue weighted by atomic mass is 10.1. The van der Waals surface area contributed by atoms with Crippen molar-refractivity contribution in [2.75, 3.05) is 20.4 Å². The maximum absolute atomic E-state index is 12.8. The fourth-order valence-electron chi connectivity index (χ4n) is 3.43. The quantitative estimate of drug-likeness (QED) is 0.384. The van der Waals surface area contributed by atoms with Gasteiger partial charge in [-0.15, -0.1) is 0 Å². The van der Waals surface area contributed by atoms with E-state index < -0.39 is 13.2 Å². The fraction of sp³-hybridized carbons (Fsp3) is 0.895. The Morgan fingerprint density at radius 1 is 1.07 bits per heavy atom. The number of carbonyl (C=O) groups excluding carboxylic acids is 2. The molecule has 0 spiro atoms. The van der Waals surface area contributed by atoms with Crippen molar-refractivity contribution in [1.29, 1.82) is 0 Å². The minimum Gasteiger partial charge on any atom is -0.444 e. The number of ether oxygens (including phenoxy) is 1. The number of nitrogens with zero attached hydrogens (tertiary/aromatic N) is 1. The molecule has 1 rings (SSSR count). The second kappa shape index (κ2) is 10.6. The van der Waals surface area contributed by atoms with Crippen LogP contribution in [0.25, 0.3) is 0 Å². The number of carbonyl (C=O) groups is 2. The van der Waals surface area contributed by atoms with Crippen molar-refractivity contribution >= 4 is 19.5 Å². The van der Waals surface area contributed by atoms with Crippen LogP contribution in [0.5, 0.6) is 0 Å². The normalized spacial score (nSPS) is 20.7. The van der Waals surface area contributed by atoms with Gasteiger partial charge in [0, 0.05) is 32.7 Å². The lowest BCUT2D eigenvalue weighted by Gasteiger charge is -2.32. The maximum Gasteiger partial charge on any atom is 0.410 e. The zero-order chi connectivity index (χ0) is 20.7. The smallest absolute Gasteiger partial charge is 0.410 e. The minimum absolute atomic E-state index is 0.0841. The molecule has 1 saturated heterocycles. The number of hydrogen-bond acceptors (Lipinski definition) is 6. The van der Waals surface area contributed by atoms with Crippen molar-refractivity contribution in [3.8, 4) is 0 Å². The van der Waals surface area contributed by atoms with Crippen molar-refractivity contribution in [3.63, 3.8) is 0 Å². The van der Waals surface area contributed by atoms with E-state index in [1.807, 2.05) is 20.8 Å². The molecule has 0 aromatic rings. The summed E-state index contributed by atoms with van der Waals surface area (Å²) in [4.78, 5) is 27.0. The summed E-state index contributed by atoms with van der Waals surface area (Å²) in [6.45, 7) is 7.65. The summed E-state index contributed by atoms with van der Waals surface area (Å²) in [5.41, 5.74) is -0.593. The Bertz CT molecular complexity index is 537. The average Bonchev–Trinajstić information content (AvgIpc) is 2.95. The predicted molar refractivity (Wildman–Crippen MR) is 105 cm³/mol. The molecule has 27 heavy (non-hydrogen) atoms. The minimum atomic E-state index is -3.39. The molecule has 7 nitrogen and oxygen atoms in total. The second-order valence-electron chi connectivity index (χ2n) is 8.15. The van der Waals surface area contributed by atoms with E-state index in [0.717, 1.165) is 38.5 Å². The van der Waals surface area contributed by atoms with E-state index in [2.05, 4.69) is 6.92 Å². The van der Waals surface area contributed by atoms with Crippen LogP contribution in [-0.4, -0.2) is 54.8 Å². The first-order chi connectivity index (χ1) is 12.5. The van der Waals surface area contributed by atoms with Gasteiger partial charge in [-0.3, -0.25) is 9.36 Å². The van der Waals surface area contributed by atoms with Crippen LogP contribution in [0.1, 0.15) is 72.6 Å². The number of ketones is 1. The monoisotopic (exact) mass is 405 g/mol. The fourth-order valence-corrected chi connectivity index (χ4v) is 4.40. The van der Waals surface area contributed by atoms with Crippen LogP contribution in [0.4, 0.5) is 4.79 Å². The Balaban J connectivity index is 2.84. The highest BCUT2D eigenvalue weighted by atomic mass is 31.2. The number of hydrogen-bond donors (Lipinski definition) is 0. The van der Waals surface area contributed by atoms with E-state index >= 15 is 0 Å². The van der Waals surface area contributed by atoms with E-state index in [4.69, 9.17) is 13.8 Å². The summed E-state index contributed by atoms with van der Waals surface area (Å²) in [6, 6.07) is -0.151. The summed E-state index contributed by atoms with van der Waals surface area (Å²) < 4.78 is 27.5. The summed E-state index contributed by atoms with van der Waals surface area (Å²) in [7, 11) is -0.857. The van der Waals surface area contributed by atoms with Crippen LogP contribution < -0.4 is 0 Å². The van der Waals surface area contributed by atoms with E-state index in [1.54, 1.807) is 4.90 Å². The molecule has 0 aromatic carbocycles. The van der Waals surface area contributed by atoms with Crippen LogP contribution in [0.2, 0.25) is 0 Å². The molecule has 0 radical (unpaired) electrons. The molecule has 0 aromatic heterocycles. The van der Waals surface area contributed by atoms with Crippen molar-refractivity contribution in [2.45, 2.75) is 90.3 Å². The largest absolute Gasteiger partial charge is 0.444 e. The zero-order valence-electron chi connectivity index (χ0n) is 17.7. The van der Waals surface area contributed by atoms with Crippen molar-refractivity contribution in [2.24, 2.45) is 0 Å². The standard InChI is InChI=1S/C19H36NO6P/c1-7-8-9-10-15-11-12-16(20(15)18(22)26-19(2,3)4)13-17(21)14-27(23,24-5)25-6/h15-16H,7-14H2,1-6H3/t15-,16?/m0/s1. The highest BCUT2D eigenvalue weighted by Gasteiger charge is 2.40. The number of likely N-dealkylation sites (tertiary alicyclic amines) is 1. The Morgan fingerprint density at radius 2 is 1.67 bits per heavy atom. The zero-order valence-corrected chi connectivity index (χ0v) is 18.5. The molecule has 1 amide bonds. The highest BCUT2D eigenvalue weighted by molar-refractivity contribution is 7.54. The van der Waals surface area contributed by atoms with E-state index in [9.17, 15) is 14.2 Å². The Morgan fingerprint density at radius 3 is 2.19 bits per heavy atom. The number of rotatable bonds is 10. The van der Waals surface area contributed by atoms with Gasteiger partial charge in [0.05, 0.1) is 0 Å². The molecule has 158 valence electrons. The molecule has 1 heterocycles. The third kappa shape index (κ3) is 7.92. The number of amides is 1. The molecule has 1 unspecified atom stereocenters. The van der Waals surface area contributed by atoms with Crippen LogP contribution in [0.15, 0.2) is 0 Å². The molecule has 1 aliphatic rings. The van der Waals surface area contributed by atoms with Gasteiger partial charge in [0.2, 0.25) is 0 Å². The van der Waals surface area contributed by atoms with Gasteiger partial charge in [0.1, 0.15) is 17.5 Å². The van der Waals surface area contributed by atoms with Crippen molar-refractivity contribution in [3.05, 3.63) is 0 Å². The first-order valence-electron chi connectivity index (χ1n) is 9.78. The molecule has 0 N–H and O–H groups in total. The lowest BCUT2D eigenvalue weighted by molar-refractivity contribution is -0.117. The molecule has 1 aliphatic heterocycles. The van der Waals surface area contributed by atoms with Gasteiger partial charge in [0.15, 0.2) is 0 Å². The van der Waals surface area contributed by atoms with Gasteiger partial charge >= 0.3 is 13.7 Å². The van der Waals surface area contributed by atoms with E-state index in [1.165, 1.54) is 14.2 Å². The van der Waals surface area contributed by atoms with Crippen LogP contribution in [0, 0.1) is 0 Å². The van der Waals surface area contributed by atoms with Crippen molar-refractivity contribution < 1.29 is 27.9 Å². The third-order valence-corrected chi connectivity index (χ3v) is 6.61.